The molecule has 3 aromatic rings. The van der Waals surface area contributed by atoms with Crippen LogP contribution in [0.15, 0.2) is 30.5 Å². The number of hydrogen-bond acceptors (Lipinski definition) is 6. The molecule has 0 spiro atoms. The molecule has 10 nitrogen and oxygen atoms in total. The average molecular weight is 492 g/mol. The van der Waals surface area contributed by atoms with E-state index in [9.17, 15) is 14.9 Å². The monoisotopic (exact) mass is 491 g/mol. The summed E-state index contributed by atoms with van der Waals surface area (Å²) in [5, 5.41) is 21.0. The maximum atomic E-state index is 12.9. The molecule has 0 unspecified atom stereocenters. The maximum absolute atomic E-state index is 12.9. The molecule has 33 heavy (non-hydrogen) atoms. The quantitative estimate of drug-likeness (QED) is 0.386. The maximum Gasteiger partial charge on any atom is 0.312 e. The summed E-state index contributed by atoms with van der Waals surface area (Å²) in [5.41, 5.74) is 2.12. The van der Waals surface area contributed by atoms with Crippen LogP contribution in [0.25, 0.3) is 0 Å². The molecule has 1 amide bonds. The van der Waals surface area contributed by atoms with E-state index >= 15 is 0 Å². The molecule has 1 fully saturated rings. The summed E-state index contributed by atoms with van der Waals surface area (Å²) in [6.07, 6.45) is 1.67. The van der Waals surface area contributed by atoms with E-state index in [2.05, 4.69) is 15.1 Å². The van der Waals surface area contributed by atoms with Crippen molar-refractivity contribution < 1.29 is 9.72 Å². The smallest absolute Gasteiger partial charge is 0.312 e. The molecular formula is C21H23Cl2N7O3. The van der Waals surface area contributed by atoms with E-state index in [4.69, 9.17) is 23.2 Å². The summed E-state index contributed by atoms with van der Waals surface area (Å²) in [6.45, 7) is 6.73. The van der Waals surface area contributed by atoms with Gasteiger partial charge >= 0.3 is 5.69 Å². The normalized spacial score (nSPS) is 14.6. The SMILES string of the molecule is Cc1nn(Cn2ccc(C(=O)N3CCN(Cc4ccc(Cl)cc4Cl)CC3)n2)c(C)c1[N+](=O)[O-]. The van der Waals surface area contributed by atoms with Crippen LogP contribution in [-0.2, 0) is 13.2 Å². The fourth-order valence-electron chi connectivity index (χ4n) is 3.94. The first kappa shape index (κ1) is 23.2. The molecule has 0 saturated carbocycles. The average Bonchev–Trinajstić information content (AvgIpc) is 3.34. The molecule has 4 rings (SSSR count). The van der Waals surface area contributed by atoms with E-state index in [1.165, 1.54) is 4.68 Å². The Morgan fingerprint density at radius 3 is 2.48 bits per heavy atom. The Balaban J connectivity index is 1.35. The fraction of sp³-hybridized carbons (Fsp3) is 0.381. The summed E-state index contributed by atoms with van der Waals surface area (Å²) < 4.78 is 3.06. The van der Waals surface area contributed by atoms with Crippen molar-refractivity contribution in [2.75, 3.05) is 26.2 Å². The van der Waals surface area contributed by atoms with Crippen molar-refractivity contribution >= 4 is 34.8 Å². The van der Waals surface area contributed by atoms with Gasteiger partial charge in [0.2, 0.25) is 0 Å². The highest BCUT2D eigenvalue weighted by molar-refractivity contribution is 6.35. The van der Waals surface area contributed by atoms with Gasteiger partial charge in [-0.25, -0.2) is 4.68 Å². The van der Waals surface area contributed by atoms with E-state index in [1.807, 2.05) is 12.1 Å². The number of carbonyl (C=O) groups excluding carboxylic acids is 1. The third-order valence-corrected chi connectivity index (χ3v) is 6.32. The third kappa shape index (κ3) is 5.02. The zero-order chi connectivity index (χ0) is 23.7. The first-order chi connectivity index (χ1) is 15.7. The number of rotatable bonds is 6. The third-order valence-electron chi connectivity index (χ3n) is 5.73. The summed E-state index contributed by atoms with van der Waals surface area (Å²) in [5.74, 6) is -0.141. The molecule has 0 radical (unpaired) electrons. The topological polar surface area (TPSA) is 102 Å². The van der Waals surface area contributed by atoms with Crippen LogP contribution in [0.1, 0.15) is 27.4 Å². The van der Waals surface area contributed by atoms with E-state index < -0.39 is 4.92 Å². The number of aromatic nitrogens is 4. The number of nitro groups is 1. The Bertz CT molecular complexity index is 1200. The Labute approximate surface area is 200 Å². The second kappa shape index (κ2) is 9.50. The van der Waals surface area contributed by atoms with Crippen molar-refractivity contribution in [2.45, 2.75) is 27.1 Å². The van der Waals surface area contributed by atoms with Crippen LogP contribution >= 0.6 is 23.2 Å². The van der Waals surface area contributed by atoms with Crippen LogP contribution in [0.2, 0.25) is 10.0 Å². The molecule has 0 aliphatic carbocycles. The first-order valence-electron chi connectivity index (χ1n) is 10.4. The lowest BCUT2D eigenvalue weighted by atomic mass is 10.2. The molecule has 2 aromatic heterocycles. The number of benzene rings is 1. The Kier molecular flexibility index (Phi) is 6.68. The van der Waals surface area contributed by atoms with Crippen molar-refractivity contribution in [3.8, 4) is 0 Å². The fourth-order valence-corrected chi connectivity index (χ4v) is 4.41. The van der Waals surface area contributed by atoms with Gasteiger partial charge in [0, 0.05) is 49.0 Å². The number of aryl methyl sites for hydroxylation is 1. The summed E-state index contributed by atoms with van der Waals surface area (Å²) >= 11 is 12.2. The van der Waals surface area contributed by atoms with Crippen molar-refractivity contribution in [1.29, 1.82) is 0 Å². The minimum atomic E-state index is -0.438. The van der Waals surface area contributed by atoms with Gasteiger partial charge in [-0.05, 0) is 37.6 Å². The number of carbonyl (C=O) groups is 1. The summed E-state index contributed by atoms with van der Waals surface area (Å²) in [6, 6.07) is 7.14. The molecule has 1 aromatic carbocycles. The minimum absolute atomic E-state index is 0.00350. The van der Waals surface area contributed by atoms with Gasteiger partial charge in [-0.2, -0.15) is 10.2 Å². The van der Waals surface area contributed by atoms with Gasteiger partial charge in [0.05, 0.1) is 4.92 Å². The van der Waals surface area contributed by atoms with Crippen LogP contribution in [-0.4, -0.2) is 66.4 Å². The predicted molar refractivity (Wildman–Crippen MR) is 124 cm³/mol. The molecule has 1 saturated heterocycles. The number of hydrogen-bond donors (Lipinski definition) is 0. The zero-order valence-electron chi connectivity index (χ0n) is 18.2. The lowest BCUT2D eigenvalue weighted by Gasteiger charge is -2.34. The van der Waals surface area contributed by atoms with Gasteiger partial charge < -0.3 is 4.90 Å². The van der Waals surface area contributed by atoms with Crippen molar-refractivity contribution in [3.63, 3.8) is 0 Å². The van der Waals surface area contributed by atoms with E-state index in [0.717, 1.165) is 18.7 Å². The lowest BCUT2D eigenvalue weighted by molar-refractivity contribution is -0.386. The van der Waals surface area contributed by atoms with Crippen molar-refractivity contribution in [2.24, 2.45) is 0 Å². The molecule has 12 heteroatoms. The molecule has 0 bridgehead atoms. The molecule has 1 aliphatic rings. The standard InChI is InChI=1S/C21H23Cl2N7O3/c1-14-20(30(32)33)15(2)29(24-14)13-28-6-5-19(25-28)21(31)27-9-7-26(8-10-27)12-16-3-4-17(22)11-18(16)23/h3-6,11H,7-10,12-13H2,1-2H3. The van der Waals surface area contributed by atoms with E-state index in [0.29, 0.717) is 46.8 Å². The van der Waals surface area contributed by atoms with Gasteiger partial charge in [0.25, 0.3) is 5.91 Å². The molecule has 1 aliphatic heterocycles. The highest BCUT2D eigenvalue weighted by Gasteiger charge is 2.25. The highest BCUT2D eigenvalue weighted by Crippen LogP contribution is 2.23. The largest absolute Gasteiger partial charge is 0.335 e. The second-order valence-corrected chi connectivity index (χ2v) is 8.81. The number of halogens is 2. The van der Waals surface area contributed by atoms with Gasteiger partial charge in [-0.1, -0.05) is 29.3 Å². The second-order valence-electron chi connectivity index (χ2n) is 7.96. The molecular weight excluding hydrogens is 469 g/mol. The van der Waals surface area contributed by atoms with Crippen molar-refractivity contribution in [3.05, 3.63) is 73.3 Å². The van der Waals surface area contributed by atoms with E-state index in [-0.39, 0.29) is 18.3 Å². The van der Waals surface area contributed by atoms with Gasteiger partial charge in [-0.3, -0.25) is 24.5 Å². The molecule has 0 atom stereocenters. The highest BCUT2D eigenvalue weighted by atomic mass is 35.5. The Hall–Kier alpha value is -2.95. The lowest BCUT2D eigenvalue weighted by Crippen LogP contribution is -2.48. The van der Waals surface area contributed by atoms with Crippen LogP contribution in [0.3, 0.4) is 0 Å². The zero-order valence-corrected chi connectivity index (χ0v) is 19.8. The Morgan fingerprint density at radius 2 is 1.85 bits per heavy atom. The van der Waals surface area contributed by atoms with Gasteiger partial charge in [0.15, 0.2) is 0 Å². The number of piperazine rings is 1. The van der Waals surface area contributed by atoms with Gasteiger partial charge in [-0.15, -0.1) is 0 Å². The molecule has 174 valence electrons. The van der Waals surface area contributed by atoms with Crippen LogP contribution in [0.5, 0.6) is 0 Å². The predicted octanol–water partition coefficient (Wildman–Crippen LogP) is 3.38. The Morgan fingerprint density at radius 1 is 1.12 bits per heavy atom. The summed E-state index contributed by atoms with van der Waals surface area (Å²) in [4.78, 5) is 27.7. The summed E-state index contributed by atoms with van der Waals surface area (Å²) in [7, 11) is 0. The van der Waals surface area contributed by atoms with Crippen LogP contribution < -0.4 is 0 Å². The molecule has 0 N–H and O–H groups in total. The molecule has 3 heterocycles. The first-order valence-corrected chi connectivity index (χ1v) is 11.2. The van der Waals surface area contributed by atoms with E-state index in [1.54, 1.807) is 41.8 Å². The van der Waals surface area contributed by atoms with Gasteiger partial charge in [0.1, 0.15) is 23.8 Å². The minimum Gasteiger partial charge on any atom is -0.335 e. The van der Waals surface area contributed by atoms with Crippen LogP contribution in [0.4, 0.5) is 5.69 Å². The number of nitrogens with zero attached hydrogens (tertiary/aromatic N) is 7. The van der Waals surface area contributed by atoms with Crippen molar-refractivity contribution in [1.82, 2.24) is 29.4 Å². The number of amides is 1. The van der Waals surface area contributed by atoms with Crippen LogP contribution in [0, 0.1) is 24.0 Å².